The van der Waals surface area contributed by atoms with E-state index in [0.717, 1.165) is 38.7 Å². The third-order valence-corrected chi connectivity index (χ3v) is 3.30. The molecule has 0 saturated carbocycles. The van der Waals surface area contributed by atoms with Crippen LogP contribution in [-0.2, 0) is 22.6 Å². The molecule has 0 aliphatic heterocycles. The van der Waals surface area contributed by atoms with Gasteiger partial charge in [-0.05, 0) is 23.5 Å². The molecule has 138 valence electrons. The topological polar surface area (TPSA) is 54.9 Å². The molecule has 1 aromatic carbocycles. The van der Waals surface area contributed by atoms with Crippen molar-refractivity contribution >= 4 is 29.9 Å². The van der Waals surface area contributed by atoms with E-state index in [0.29, 0.717) is 12.5 Å². The van der Waals surface area contributed by atoms with Gasteiger partial charge in [-0.15, -0.1) is 24.0 Å². The van der Waals surface area contributed by atoms with E-state index >= 15 is 0 Å². The summed E-state index contributed by atoms with van der Waals surface area (Å²) in [5.41, 5.74) is 2.41. The van der Waals surface area contributed by atoms with Crippen LogP contribution in [0.4, 0.5) is 0 Å². The van der Waals surface area contributed by atoms with Crippen molar-refractivity contribution in [3.8, 4) is 0 Å². The molecule has 0 heterocycles. The lowest BCUT2D eigenvalue weighted by Gasteiger charge is -2.14. The summed E-state index contributed by atoms with van der Waals surface area (Å²) in [6.07, 6.45) is 0.966. The number of nitrogens with one attached hydrogen (secondary N) is 2. The van der Waals surface area contributed by atoms with Gasteiger partial charge in [0.05, 0.1) is 6.61 Å². The highest BCUT2D eigenvalue weighted by molar-refractivity contribution is 14.0. The fraction of sp³-hybridized carbons (Fsp3) is 0.611. The molecule has 0 aliphatic carbocycles. The summed E-state index contributed by atoms with van der Waals surface area (Å²) >= 11 is 0. The Morgan fingerprint density at radius 1 is 1.17 bits per heavy atom. The molecule has 5 nitrogen and oxygen atoms in total. The zero-order chi connectivity index (χ0) is 16.9. The van der Waals surface area contributed by atoms with Crippen molar-refractivity contribution in [3.63, 3.8) is 0 Å². The number of aliphatic imine (C=N–C) groups is 1. The molecular weight excluding hydrogens is 417 g/mol. The van der Waals surface area contributed by atoms with Crippen LogP contribution in [0, 0.1) is 5.92 Å². The number of rotatable bonds is 10. The number of benzene rings is 1. The summed E-state index contributed by atoms with van der Waals surface area (Å²) in [6, 6.07) is 8.26. The SMILES string of the molecule is CN=C(NCCCOCC(C)C)NCc1ccccc1COC.I. The molecule has 0 aliphatic rings. The number of methoxy groups -OCH3 is 1. The Balaban J connectivity index is 0.00000529. The molecule has 0 saturated heterocycles. The summed E-state index contributed by atoms with van der Waals surface area (Å²) < 4.78 is 10.8. The molecule has 1 rings (SSSR count). The third kappa shape index (κ3) is 10.1. The number of halogens is 1. The highest BCUT2D eigenvalue weighted by Crippen LogP contribution is 2.09. The minimum Gasteiger partial charge on any atom is -0.381 e. The Labute approximate surface area is 163 Å². The van der Waals surface area contributed by atoms with E-state index in [1.165, 1.54) is 11.1 Å². The van der Waals surface area contributed by atoms with Crippen molar-refractivity contribution in [3.05, 3.63) is 35.4 Å². The number of ether oxygens (including phenoxy) is 2. The monoisotopic (exact) mass is 449 g/mol. The average molecular weight is 449 g/mol. The van der Waals surface area contributed by atoms with E-state index in [-0.39, 0.29) is 24.0 Å². The molecule has 0 bridgehead atoms. The van der Waals surface area contributed by atoms with Crippen LogP contribution in [0.3, 0.4) is 0 Å². The van der Waals surface area contributed by atoms with Crippen LogP contribution < -0.4 is 10.6 Å². The van der Waals surface area contributed by atoms with Gasteiger partial charge in [0.1, 0.15) is 0 Å². The largest absolute Gasteiger partial charge is 0.381 e. The minimum atomic E-state index is 0. The van der Waals surface area contributed by atoms with Crippen LogP contribution in [0.1, 0.15) is 31.4 Å². The summed E-state index contributed by atoms with van der Waals surface area (Å²) in [5.74, 6) is 1.39. The Kier molecular flexibility index (Phi) is 14.0. The van der Waals surface area contributed by atoms with E-state index in [1.807, 2.05) is 12.1 Å². The van der Waals surface area contributed by atoms with E-state index in [4.69, 9.17) is 9.47 Å². The summed E-state index contributed by atoms with van der Waals surface area (Å²) in [5, 5.41) is 6.64. The fourth-order valence-corrected chi connectivity index (χ4v) is 2.13. The van der Waals surface area contributed by atoms with E-state index in [2.05, 4.69) is 41.6 Å². The fourth-order valence-electron chi connectivity index (χ4n) is 2.13. The van der Waals surface area contributed by atoms with Gasteiger partial charge in [0, 0.05) is 40.5 Å². The molecule has 0 aromatic heterocycles. The van der Waals surface area contributed by atoms with Crippen LogP contribution in [0.2, 0.25) is 0 Å². The standard InChI is InChI=1S/C18H31N3O2.HI/c1-15(2)13-23-11-7-10-20-18(19-3)21-12-16-8-5-6-9-17(16)14-22-4;/h5-6,8-9,15H,7,10-14H2,1-4H3,(H2,19,20,21);1H. The van der Waals surface area contributed by atoms with Crippen molar-refractivity contribution in [2.75, 3.05) is 33.9 Å². The lowest BCUT2D eigenvalue weighted by atomic mass is 10.1. The van der Waals surface area contributed by atoms with Gasteiger partial charge >= 0.3 is 0 Å². The van der Waals surface area contributed by atoms with Gasteiger partial charge in [-0.3, -0.25) is 4.99 Å². The number of guanidine groups is 1. The minimum absolute atomic E-state index is 0. The molecule has 0 amide bonds. The Hall–Kier alpha value is -0.860. The number of hydrogen-bond acceptors (Lipinski definition) is 3. The second kappa shape index (κ2) is 14.5. The van der Waals surface area contributed by atoms with Crippen LogP contribution in [0.15, 0.2) is 29.3 Å². The predicted molar refractivity (Wildman–Crippen MR) is 111 cm³/mol. The van der Waals surface area contributed by atoms with Gasteiger partial charge in [0.15, 0.2) is 5.96 Å². The maximum Gasteiger partial charge on any atom is 0.191 e. The molecule has 0 unspecified atom stereocenters. The normalized spacial score (nSPS) is 11.3. The van der Waals surface area contributed by atoms with Gasteiger partial charge in [-0.2, -0.15) is 0 Å². The highest BCUT2D eigenvalue weighted by atomic mass is 127. The van der Waals surface area contributed by atoms with Crippen molar-refractivity contribution in [2.24, 2.45) is 10.9 Å². The second-order valence-electron chi connectivity index (χ2n) is 5.88. The quantitative estimate of drug-likeness (QED) is 0.249. The van der Waals surface area contributed by atoms with Gasteiger partial charge in [0.2, 0.25) is 0 Å². The van der Waals surface area contributed by atoms with E-state index in [9.17, 15) is 0 Å². The smallest absolute Gasteiger partial charge is 0.191 e. The maximum absolute atomic E-state index is 5.57. The lowest BCUT2D eigenvalue weighted by molar-refractivity contribution is 0.108. The Bertz CT molecular complexity index is 467. The summed E-state index contributed by atoms with van der Waals surface area (Å²) in [7, 11) is 3.50. The molecule has 24 heavy (non-hydrogen) atoms. The van der Waals surface area contributed by atoms with Gasteiger partial charge < -0.3 is 20.1 Å². The first-order valence-electron chi connectivity index (χ1n) is 8.25. The lowest BCUT2D eigenvalue weighted by Crippen LogP contribution is -2.37. The molecule has 1 aromatic rings. The summed E-state index contributed by atoms with van der Waals surface area (Å²) in [6.45, 7) is 8.11. The molecule has 2 N–H and O–H groups in total. The molecule has 0 radical (unpaired) electrons. The van der Waals surface area contributed by atoms with Crippen LogP contribution in [-0.4, -0.2) is 39.9 Å². The van der Waals surface area contributed by atoms with Crippen LogP contribution in [0.25, 0.3) is 0 Å². The molecule has 0 atom stereocenters. The Morgan fingerprint density at radius 3 is 2.50 bits per heavy atom. The highest BCUT2D eigenvalue weighted by Gasteiger charge is 2.03. The van der Waals surface area contributed by atoms with Crippen LogP contribution >= 0.6 is 24.0 Å². The van der Waals surface area contributed by atoms with Gasteiger partial charge in [-0.25, -0.2) is 0 Å². The van der Waals surface area contributed by atoms with Crippen molar-refractivity contribution in [2.45, 2.75) is 33.4 Å². The average Bonchev–Trinajstić information content (AvgIpc) is 2.54. The molecule has 6 heteroatoms. The first kappa shape index (κ1) is 23.1. The maximum atomic E-state index is 5.57. The third-order valence-electron chi connectivity index (χ3n) is 3.30. The molecule has 0 fully saturated rings. The van der Waals surface area contributed by atoms with Gasteiger partial charge in [0.25, 0.3) is 0 Å². The first-order chi connectivity index (χ1) is 11.2. The molecule has 0 spiro atoms. The molecular formula is C18H32IN3O2. The van der Waals surface area contributed by atoms with Crippen LogP contribution in [0.5, 0.6) is 0 Å². The second-order valence-corrected chi connectivity index (χ2v) is 5.88. The zero-order valence-corrected chi connectivity index (χ0v) is 17.6. The van der Waals surface area contributed by atoms with Crippen molar-refractivity contribution in [1.29, 1.82) is 0 Å². The summed E-state index contributed by atoms with van der Waals surface area (Å²) in [4.78, 5) is 4.25. The zero-order valence-electron chi connectivity index (χ0n) is 15.3. The van der Waals surface area contributed by atoms with E-state index in [1.54, 1.807) is 14.2 Å². The van der Waals surface area contributed by atoms with E-state index < -0.39 is 0 Å². The number of hydrogen-bond donors (Lipinski definition) is 2. The first-order valence-corrected chi connectivity index (χ1v) is 8.25. The van der Waals surface area contributed by atoms with Gasteiger partial charge in [-0.1, -0.05) is 38.1 Å². The predicted octanol–water partition coefficient (Wildman–Crippen LogP) is 3.18. The Morgan fingerprint density at radius 2 is 1.88 bits per heavy atom. The number of nitrogens with zero attached hydrogens (tertiary/aromatic N) is 1. The van der Waals surface area contributed by atoms with Crippen molar-refractivity contribution < 1.29 is 9.47 Å². The van der Waals surface area contributed by atoms with Crippen molar-refractivity contribution in [1.82, 2.24) is 10.6 Å².